The molecule has 0 aliphatic rings. The minimum absolute atomic E-state index is 1.14. The molecule has 0 saturated carbocycles. The molecule has 2 nitrogen and oxygen atoms in total. The molecule has 0 N–H and O–H groups in total. The monoisotopic (exact) mass is 425 g/mol. The predicted molar refractivity (Wildman–Crippen MR) is 135 cm³/mol. The summed E-state index contributed by atoms with van der Waals surface area (Å²) < 4.78 is 4.99. The Morgan fingerprint density at radius 1 is 0.613 bits per heavy atom. The summed E-state index contributed by atoms with van der Waals surface area (Å²) in [7, 11) is 0. The molecule has 1 heterocycles. The van der Waals surface area contributed by atoms with Gasteiger partial charge in [-0.15, -0.1) is 0 Å². The van der Waals surface area contributed by atoms with Gasteiger partial charge in [-0.3, -0.25) is 0 Å². The van der Waals surface area contributed by atoms with Crippen molar-refractivity contribution >= 4 is 0 Å². The zero-order valence-electron chi connectivity index (χ0n) is 20.7. The van der Waals surface area contributed by atoms with E-state index in [2.05, 4.69) is 65.7 Å². The second-order valence-corrected chi connectivity index (χ2v) is 9.32. The maximum atomic E-state index is 2.50. The van der Waals surface area contributed by atoms with Crippen LogP contribution < -0.4 is 4.57 Å². The Morgan fingerprint density at radius 3 is 1.71 bits per heavy atom. The fourth-order valence-electron chi connectivity index (χ4n) is 4.58. The highest BCUT2D eigenvalue weighted by Gasteiger charge is 2.18. The van der Waals surface area contributed by atoms with E-state index in [0.717, 1.165) is 13.1 Å². The van der Waals surface area contributed by atoms with Crippen LogP contribution in [0.3, 0.4) is 0 Å². The van der Waals surface area contributed by atoms with Crippen molar-refractivity contribution in [1.29, 1.82) is 0 Å². The smallest absolute Gasteiger partial charge is 0.230 e. The van der Waals surface area contributed by atoms with Crippen LogP contribution in [0.15, 0.2) is 42.7 Å². The molecule has 0 aliphatic heterocycles. The molecule has 1 aromatic heterocycles. The number of aromatic nitrogens is 2. The maximum Gasteiger partial charge on any atom is 0.288 e. The lowest BCUT2D eigenvalue weighted by Crippen LogP contribution is -2.34. The van der Waals surface area contributed by atoms with Crippen LogP contribution in [0.5, 0.6) is 0 Å². The van der Waals surface area contributed by atoms with Gasteiger partial charge in [0, 0.05) is 0 Å². The van der Waals surface area contributed by atoms with Gasteiger partial charge in [0.15, 0.2) is 0 Å². The number of nitrogens with zero attached hydrogens (tertiary/aromatic N) is 2. The second-order valence-electron chi connectivity index (χ2n) is 9.32. The summed E-state index contributed by atoms with van der Waals surface area (Å²) in [6.07, 6.45) is 26.7. The van der Waals surface area contributed by atoms with Crippen molar-refractivity contribution in [3.8, 4) is 11.4 Å². The molecule has 0 bridgehead atoms. The summed E-state index contributed by atoms with van der Waals surface area (Å²) in [4.78, 5) is 0. The standard InChI is InChI=1S/C29H49N2/c1-3-5-7-9-11-12-14-16-21-25-31-27-26-30(24-20-15-13-10-8-6-4-2)29(31)28-22-18-17-19-23-28/h17-19,22-23,26-27H,3-16,20-21,24-25H2,1-2H3/q+1. The zero-order valence-corrected chi connectivity index (χ0v) is 20.7. The Kier molecular flexibility index (Phi) is 14.1. The number of unbranched alkanes of at least 4 members (excludes halogenated alkanes) is 14. The average molecular weight is 426 g/mol. The third-order valence-electron chi connectivity index (χ3n) is 6.51. The van der Waals surface area contributed by atoms with Gasteiger partial charge >= 0.3 is 0 Å². The molecule has 0 aliphatic carbocycles. The quantitative estimate of drug-likeness (QED) is 0.157. The molecule has 0 spiro atoms. The van der Waals surface area contributed by atoms with Gasteiger partial charge in [0.1, 0.15) is 12.4 Å². The van der Waals surface area contributed by atoms with Crippen LogP contribution in [0.2, 0.25) is 0 Å². The summed E-state index contributed by atoms with van der Waals surface area (Å²) in [6.45, 7) is 6.87. The van der Waals surface area contributed by atoms with E-state index < -0.39 is 0 Å². The van der Waals surface area contributed by atoms with Crippen molar-refractivity contribution in [2.24, 2.45) is 0 Å². The van der Waals surface area contributed by atoms with Crippen LogP contribution in [0.1, 0.15) is 117 Å². The average Bonchev–Trinajstić information content (AvgIpc) is 3.20. The third kappa shape index (κ3) is 10.5. The number of hydrogen-bond acceptors (Lipinski definition) is 0. The van der Waals surface area contributed by atoms with E-state index in [1.165, 1.54) is 114 Å². The van der Waals surface area contributed by atoms with Gasteiger partial charge in [0.25, 0.3) is 5.82 Å². The van der Waals surface area contributed by atoms with Crippen LogP contribution in [0.4, 0.5) is 0 Å². The van der Waals surface area contributed by atoms with Crippen molar-refractivity contribution in [2.45, 2.75) is 130 Å². The maximum absolute atomic E-state index is 2.50. The lowest BCUT2D eigenvalue weighted by atomic mass is 10.1. The van der Waals surface area contributed by atoms with Crippen LogP contribution in [0, 0.1) is 0 Å². The number of hydrogen-bond donors (Lipinski definition) is 0. The summed E-state index contributed by atoms with van der Waals surface area (Å²) >= 11 is 0. The van der Waals surface area contributed by atoms with Crippen LogP contribution in [-0.4, -0.2) is 4.57 Å². The third-order valence-corrected chi connectivity index (χ3v) is 6.51. The Morgan fingerprint density at radius 2 is 1.13 bits per heavy atom. The minimum atomic E-state index is 1.14. The predicted octanol–water partition coefficient (Wildman–Crippen LogP) is 8.72. The molecule has 2 heteroatoms. The fraction of sp³-hybridized carbons (Fsp3) is 0.690. The number of imidazole rings is 1. The van der Waals surface area contributed by atoms with Gasteiger partial charge in [-0.25, -0.2) is 9.13 Å². The first-order valence-corrected chi connectivity index (χ1v) is 13.5. The van der Waals surface area contributed by atoms with Crippen LogP contribution in [-0.2, 0) is 13.1 Å². The number of aryl methyl sites for hydroxylation is 2. The Balaban J connectivity index is 1.78. The molecule has 0 atom stereocenters. The Hall–Kier alpha value is -1.57. The molecule has 174 valence electrons. The van der Waals surface area contributed by atoms with Crippen molar-refractivity contribution in [3.63, 3.8) is 0 Å². The molecule has 0 radical (unpaired) electrons. The topological polar surface area (TPSA) is 8.81 Å². The highest BCUT2D eigenvalue weighted by Crippen LogP contribution is 2.18. The van der Waals surface area contributed by atoms with Crippen molar-refractivity contribution in [3.05, 3.63) is 42.7 Å². The molecule has 1 aromatic carbocycles. The molecular formula is C29H49N2+. The first-order valence-electron chi connectivity index (χ1n) is 13.5. The van der Waals surface area contributed by atoms with E-state index in [1.54, 1.807) is 0 Å². The number of rotatable bonds is 19. The summed E-state index contributed by atoms with van der Waals surface area (Å²) in [5.74, 6) is 1.39. The van der Waals surface area contributed by atoms with E-state index in [-0.39, 0.29) is 0 Å². The zero-order chi connectivity index (χ0) is 22.0. The van der Waals surface area contributed by atoms with Crippen molar-refractivity contribution in [2.75, 3.05) is 0 Å². The number of benzene rings is 1. The largest absolute Gasteiger partial charge is 0.288 e. The van der Waals surface area contributed by atoms with Gasteiger partial charge in [-0.05, 0) is 37.8 Å². The van der Waals surface area contributed by atoms with E-state index in [1.807, 2.05) is 0 Å². The molecule has 2 rings (SSSR count). The van der Waals surface area contributed by atoms with Gasteiger partial charge in [-0.1, -0.05) is 109 Å². The normalized spacial score (nSPS) is 11.3. The molecule has 0 saturated heterocycles. The van der Waals surface area contributed by atoms with Crippen molar-refractivity contribution in [1.82, 2.24) is 4.57 Å². The van der Waals surface area contributed by atoms with E-state index in [9.17, 15) is 0 Å². The molecular weight excluding hydrogens is 376 g/mol. The van der Waals surface area contributed by atoms with E-state index >= 15 is 0 Å². The molecule has 0 fully saturated rings. The van der Waals surface area contributed by atoms with Gasteiger partial charge in [0.05, 0.1) is 18.7 Å². The molecule has 2 aromatic rings. The summed E-state index contributed by atoms with van der Waals surface area (Å²) in [5, 5.41) is 0. The molecule has 0 unspecified atom stereocenters. The Labute approximate surface area is 193 Å². The van der Waals surface area contributed by atoms with Gasteiger partial charge in [-0.2, -0.15) is 0 Å². The van der Waals surface area contributed by atoms with Gasteiger partial charge in [0.2, 0.25) is 0 Å². The first kappa shape index (κ1) is 25.7. The molecule has 0 amide bonds. The van der Waals surface area contributed by atoms with Crippen molar-refractivity contribution < 1.29 is 4.57 Å². The van der Waals surface area contributed by atoms with E-state index in [0.29, 0.717) is 0 Å². The lowest BCUT2D eigenvalue weighted by Gasteiger charge is -2.06. The summed E-state index contributed by atoms with van der Waals surface area (Å²) in [5.41, 5.74) is 1.35. The lowest BCUT2D eigenvalue weighted by molar-refractivity contribution is -0.686. The molecule has 31 heavy (non-hydrogen) atoms. The van der Waals surface area contributed by atoms with Crippen LogP contribution >= 0.6 is 0 Å². The SMILES string of the molecule is CCCCCCCCCCC[n+]1ccn(CCCCCCCCC)c1-c1ccccc1. The van der Waals surface area contributed by atoms with Gasteiger partial charge < -0.3 is 0 Å². The first-order chi connectivity index (χ1) is 15.4. The van der Waals surface area contributed by atoms with E-state index in [4.69, 9.17) is 0 Å². The second kappa shape index (κ2) is 17.0. The highest BCUT2D eigenvalue weighted by atomic mass is 15.1. The fourth-order valence-corrected chi connectivity index (χ4v) is 4.58. The minimum Gasteiger partial charge on any atom is -0.230 e. The Bertz CT molecular complexity index is 659. The highest BCUT2D eigenvalue weighted by molar-refractivity contribution is 5.52. The summed E-state index contributed by atoms with van der Waals surface area (Å²) in [6, 6.07) is 11.0. The van der Waals surface area contributed by atoms with Crippen LogP contribution in [0.25, 0.3) is 11.4 Å².